The molecular formula is C40H78Cl2N4O11. The van der Waals surface area contributed by atoms with Crippen molar-refractivity contribution in [3.8, 4) is 0 Å². The summed E-state index contributed by atoms with van der Waals surface area (Å²) < 4.78 is 19.4. The van der Waals surface area contributed by atoms with E-state index in [2.05, 4.69) is 34.4 Å². The second kappa shape index (κ2) is 35.2. The van der Waals surface area contributed by atoms with Crippen molar-refractivity contribution in [2.75, 3.05) is 39.1 Å². The molecule has 0 radical (unpaired) electrons. The van der Waals surface area contributed by atoms with Gasteiger partial charge in [-0.3, -0.25) is 14.4 Å². The third-order valence-corrected chi connectivity index (χ3v) is 5.67. The number of aliphatic hydroxyl groups excluding tert-OH is 2. The van der Waals surface area contributed by atoms with Crippen LogP contribution < -0.4 is 16.2 Å². The number of nitrogens with zero attached hydrogens (tertiary/aromatic N) is 1. The summed E-state index contributed by atoms with van der Waals surface area (Å²) in [7, 11) is 3.62. The molecule has 0 saturated heterocycles. The highest BCUT2D eigenvalue weighted by Crippen LogP contribution is 2.10. The summed E-state index contributed by atoms with van der Waals surface area (Å²) in [5.74, 6) is -0.723. The van der Waals surface area contributed by atoms with Crippen LogP contribution in [0.25, 0.3) is 0 Å². The zero-order valence-electron chi connectivity index (χ0n) is 38.0. The van der Waals surface area contributed by atoms with Gasteiger partial charge in [0.1, 0.15) is 41.3 Å². The van der Waals surface area contributed by atoms with Gasteiger partial charge < -0.3 is 44.8 Å². The Morgan fingerprint density at radius 2 is 0.982 bits per heavy atom. The number of aromatic amines is 1. The number of nitrogens with one attached hydrogen (secondary N) is 3. The van der Waals surface area contributed by atoms with E-state index in [1.165, 1.54) is 12.8 Å². The number of carbonyl (C=O) groups excluding carboxylic acids is 4. The first-order valence-electron chi connectivity index (χ1n) is 19.0. The van der Waals surface area contributed by atoms with Gasteiger partial charge in [-0.15, -0.1) is 23.2 Å². The second-order valence-corrected chi connectivity index (χ2v) is 16.8. The number of esters is 4. The summed E-state index contributed by atoms with van der Waals surface area (Å²) in [6, 6.07) is 0. The number of rotatable bonds is 12. The molecule has 0 aliphatic carbocycles. The normalized spacial score (nSPS) is 10.8. The quantitative estimate of drug-likeness (QED) is 0.0891. The number of aliphatic hydroxyl groups is 2. The largest absolute Gasteiger partial charge is 0.460 e. The topological polar surface area (TPSA) is 215 Å². The maximum Gasteiger partial charge on any atom is 0.332 e. The molecule has 17 heteroatoms. The van der Waals surface area contributed by atoms with Gasteiger partial charge in [0, 0.05) is 31.3 Å². The maximum absolute atomic E-state index is 11.5. The van der Waals surface area contributed by atoms with Gasteiger partial charge in [0.2, 0.25) is 0 Å². The molecule has 0 fully saturated rings. The van der Waals surface area contributed by atoms with Crippen LogP contribution in [0.2, 0.25) is 0 Å². The van der Waals surface area contributed by atoms with Crippen molar-refractivity contribution < 1.29 is 48.3 Å². The Kier molecular flexibility index (Phi) is 39.1. The molecule has 0 spiro atoms. The zero-order chi connectivity index (χ0) is 46.1. The monoisotopic (exact) mass is 861 g/mol. The molecule has 5 N–H and O–H groups in total. The molecular weight excluding hydrogens is 783 g/mol. The summed E-state index contributed by atoms with van der Waals surface area (Å²) >= 11 is 10.7. The van der Waals surface area contributed by atoms with Crippen molar-refractivity contribution in [1.82, 2.24) is 20.6 Å². The van der Waals surface area contributed by atoms with Crippen LogP contribution in [0.3, 0.4) is 0 Å². The van der Waals surface area contributed by atoms with E-state index in [0.29, 0.717) is 49.8 Å². The standard InChI is InChI=1S/C9H16N4O.C8H15ClO2.C7H13ClO2.2C6H12O3.C4H10/c1-6-7(4-10-2)13-9(14)8(12-6)5-11-3;1-8(2,3)11-7(10)5-4-6-9;1-7(2,3)10-6(9)4-5-8;2*1-6(2,3)9-5(8)4-7;1-3-4-2/h10-11H,4-5H2,1-3H3,(H,13,14);4-6H2,1-3H3;4-5H2,1-3H3;2*7H,4H2,1-3H3;3-4H2,1-2H3. The zero-order valence-corrected chi connectivity index (χ0v) is 39.6. The Hall–Kier alpha value is -2.82. The summed E-state index contributed by atoms with van der Waals surface area (Å²) in [6.07, 6.45) is 4.04. The summed E-state index contributed by atoms with van der Waals surface area (Å²) in [5, 5.41) is 22.3. The first-order valence-corrected chi connectivity index (χ1v) is 20.1. The lowest BCUT2D eigenvalue weighted by Gasteiger charge is -2.19. The minimum absolute atomic E-state index is 0.116. The first-order chi connectivity index (χ1) is 25.9. The van der Waals surface area contributed by atoms with E-state index in [-0.39, 0.29) is 28.7 Å². The van der Waals surface area contributed by atoms with Crippen molar-refractivity contribution in [3.63, 3.8) is 0 Å². The molecule has 1 aromatic rings. The van der Waals surface area contributed by atoms with Gasteiger partial charge in [-0.1, -0.05) is 26.7 Å². The smallest absolute Gasteiger partial charge is 0.332 e. The van der Waals surface area contributed by atoms with Gasteiger partial charge in [0.05, 0.1) is 17.8 Å². The van der Waals surface area contributed by atoms with Gasteiger partial charge in [-0.2, -0.15) is 0 Å². The number of ether oxygens (including phenoxy) is 4. The Bertz CT molecular complexity index is 1240. The molecule has 15 nitrogen and oxygen atoms in total. The summed E-state index contributed by atoms with van der Waals surface area (Å²) in [5.41, 5.74) is 0.396. The molecule has 1 heterocycles. The number of aryl methyl sites for hydroxylation is 1. The number of aromatic nitrogens is 2. The van der Waals surface area contributed by atoms with Crippen LogP contribution in [0.4, 0.5) is 0 Å². The van der Waals surface area contributed by atoms with Crippen LogP contribution in [0.1, 0.15) is 146 Å². The van der Waals surface area contributed by atoms with Crippen molar-refractivity contribution in [1.29, 1.82) is 0 Å². The molecule has 0 aliphatic heterocycles. The Labute approximate surface area is 353 Å². The fourth-order valence-corrected chi connectivity index (χ4v) is 3.37. The molecule has 338 valence electrons. The lowest BCUT2D eigenvalue weighted by Crippen LogP contribution is -2.25. The molecule has 0 saturated carbocycles. The predicted octanol–water partition coefficient (Wildman–Crippen LogP) is 6.27. The SMILES string of the molecule is CC(C)(C)OC(=O)CCCCl.CC(C)(C)OC(=O)CCCl.CC(C)(C)OC(=O)CO.CC(C)(C)OC(=O)CO.CCCC.CNCc1[nH]c(=O)c(CNC)nc1C. The van der Waals surface area contributed by atoms with Gasteiger partial charge in [0.25, 0.3) is 5.56 Å². The predicted molar refractivity (Wildman–Crippen MR) is 229 cm³/mol. The van der Waals surface area contributed by atoms with E-state index in [4.69, 9.17) is 52.4 Å². The third-order valence-electron chi connectivity index (χ3n) is 5.22. The van der Waals surface area contributed by atoms with Gasteiger partial charge in [-0.05, 0) is 111 Å². The van der Waals surface area contributed by atoms with E-state index in [9.17, 15) is 24.0 Å². The van der Waals surface area contributed by atoms with E-state index in [0.717, 1.165) is 11.4 Å². The highest BCUT2D eigenvalue weighted by Gasteiger charge is 2.17. The van der Waals surface area contributed by atoms with Crippen LogP contribution in [0.5, 0.6) is 0 Å². The summed E-state index contributed by atoms with van der Waals surface area (Å²) in [4.78, 5) is 60.9. The molecule has 1 rings (SSSR count). The Morgan fingerprint density at radius 3 is 1.25 bits per heavy atom. The van der Waals surface area contributed by atoms with Gasteiger partial charge in [0.15, 0.2) is 0 Å². The van der Waals surface area contributed by atoms with Crippen LogP contribution in [0, 0.1) is 6.92 Å². The van der Waals surface area contributed by atoms with E-state index >= 15 is 0 Å². The van der Waals surface area contributed by atoms with Gasteiger partial charge in [-0.25, -0.2) is 14.6 Å². The molecule has 0 bridgehead atoms. The van der Waals surface area contributed by atoms with Gasteiger partial charge >= 0.3 is 23.9 Å². The van der Waals surface area contributed by atoms with E-state index < -0.39 is 36.4 Å². The Morgan fingerprint density at radius 1 is 0.632 bits per heavy atom. The second-order valence-electron chi connectivity index (χ2n) is 16.0. The number of unbranched alkanes of at least 4 members (excludes halogenated alkanes) is 1. The number of hydrogen-bond donors (Lipinski definition) is 5. The average Bonchev–Trinajstić information content (AvgIpc) is 3.04. The number of carbonyl (C=O) groups is 4. The lowest BCUT2D eigenvalue weighted by atomic mass is 10.2. The van der Waals surface area contributed by atoms with E-state index in [1.807, 2.05) is 55.5 Å². The highest BCUT2D eigenvalue weighted by molar-refractivity contribution is 6.18. The van der Waals surface area contributed by atoms with Crippen LogP contribution in [-0.2, 0) is 51.2 Å². The Balaban J connectivity index is -0.000000195. The molecule has 0 amide bonds. The number of H-pyrrole nitrogens is 1. The van der Waals surface area contributed by atoms with Crippen molar-refractivity contribution in [2.45, 2.75) is 171 Å². The third kappa shape index (κ3) is 53.2. The number of alkyl halides is 2. The fourth-order valence-electron chi connectivity index (χ4n) is 3.08. The minimum atomic E-state index is -0.581. The minimum Gasteiger partial charge on any atom is -0.460 e. The lowest BCUT2D eigenvalue weighted by molar-refractivity contribution is -0.159. The highest BCUT2D eigenvalue weighted by atomic mass is 35.5. The van der Waals surface area contributed by atoms with Crippen LogP contribution in [-0.4, -0.2) is 106 Å². The number of halogens is 2. The molecule has 57 heavy (non-hydrogen) atoms. The van der Waals surface area contributed by atoms with Crippen molar-refractivity contribution >= 4 is 47.1 Å². The average molecular weight is 862 g/mol. The summed E-state index contributed by atoms with van der Waals surface area (Å²) in [6.45, 7) is 27.9. The molecule has 0 unspecified atom stereocenters. The van der Waals surface area contributed by atoms with E-state index in [1.54, 1.807) is 48.6 Å². The van der Waals surface area contributed by atoms with Crippen LogP contribution >= 0.6 is 23.2 Å². The first kappa shape index (κ1) is 63.4. The molecule has 0 atom stereocenters. The molecule has 0 aromatic carbocycles. The molecule has 0 aliphatic rings. The van der Waals surface area contributed by atoms with Crippen LogP contribution in [0.15, 0.2) is 4.79 Å². The van der Waals surface area contributed by atoms with Crippen molar-refractivity contribution in [2.24, 2.45) is 0 Å². The number of hydrogen-bond acceptors (Lipinski definition) is 14. The van der Waals surface area contributed by atoms with Crippen molar-refractivity contribution in [3.05, 3.63) is 27.4 Å². The maximum atomic E-state index is 11.5. The fraction of sp³-hybridized carbons (Fsp3) is 0.800. The molecule has 1 aromatic heterocycles.